The van der Waals surface area contributed by atoms with Crippen LogP contribution < -0.4 is 0 Å². The Labute approximate surface area is 85.5 Å². The first-order valence-electron chi connectivity index (χ1n) is 4.42. The molecule has 4 heteroatoms. The molecule has 0 aliphatic rings. The summed E-state index contributed by atoms with van der Waals surface area (Å²) in [5.41, 5.74) is 1.32. The minimum Gasteiger partial charge on any atom is -0.286 e. The van der Waals surface area contributed by atoms with E-state index in [1.165, 1.54) is 5.56 Å². The smallest absolute Gasteiger partial charge is 0.264 e. The molecule has 80 valence electrons. The topological polar surface area (TPSA) is 54.4 Å². The van der Waals surface area contributed by atoms with Crippen LogP contribution in [0.4, 0.5) is 0 Å². The number of rotatable bonds is 2. The Balaban J connectivity index is 0.000000241. The summed E-state index contributed by atoms with van der Waals surface area (Å²) >= 11 is 0. The van der Waals surface area contributed by atoms with Gasteiger partial charge in [0.2, 0.25) is 0 Å². The van der Waals surface area contributed by atoms with Gasteiger partial charge in [-0.05, 0) is 13.3 Å². The molecule has 0 saturated heterocycles. The van der Waals surface area contributed by atoms with E-state index < -0.39 is 10.1 Å². The van der Waals surface area contributed by atoms with Gasteiger partial charge < -0.3 is 0 Å². The van der Waals surface area contributed by atoms with E-state index in [1.54, 1.807) is 6.92 Å². The van der Waals surface area contributed by atoms with Crippen molar-refractivity contribution in [1.82, 2.24) is 0 Å². The van der Waals surface area contributed by atoms with Crippen LogP contribution in [0.3, 0.4) is 0 Å². The second-order valence-electron chi connectivity index (χ2n) is 2.94. The van der Waals surface area contributed by atoms with Crippen LogP contribution in [-0.2, 0) is 10.1 Å². The van der Waals surface area contributed by atoms with Gasteiger partial charge in [0.1, 0.15) is 0 Å². The molecule has 0 spiro atoms. The third-order valence-electron chi connectivity index (χ3n) is 1.40. The van der Waals surface area contributed by atoms with E-state index in [0.717, 1.165) is 0 Å². The Morgan fingerprint density at radius 2 is 1.71 bits per heavy atom. The highest BCUT2D eigenvalue weighted by molar-refractivity contribution is 7.85. The lowest BCUT2D eigenvalue weighted by atomic mass is 10.2. The summed E-state index contributed by atoms with van der Waals surface area (Å²) in [6.07, 6.45) is 0.471. The molecule has 0 aliphatic carbocycles. The van der Waals surface area contributed by atoms with Crippen molar-refractivity contribution in [2.45, 2.75) is 20.3 Å². The van der Waals surface area contributed by atoms with Gasteiger partial charge in [0.15, 0.2) is 0 Å². The highest BCUT2D eigenvalue weighted by atomic mass is 32.2. The van der Waals surface area contributed by atoms with E-state index in [1.807, 2.05) is 18.2 Å². The fourth-order valence-corrected chi connectivity index (χ4v) is 1.31. The first-order valence-corrected chi connectivity index (χ1v) is 6.03. The molecule has 0 radical (unpaired) electrons. The lowest BCUT2D eigenvalue weighted by Crippen LogP contribution is -2.01. The SMILES string of the molecule is CCCS(=O)(=O)O.Cc1ccccc1. The normalized spacial score (nSPS) is 10.2. The minimum absolute atomic E-state index is 0.132. The Hall–Kier alpha value is -0.870. The molecule has 0 saturated carbocycles. The van der Waals surface area contributed by atoms with Crippen molar-refractivity contribution in [1.29, 1.82) is 0 Å². The summed E-state index contributed by atoms with van der Waals surface area (Å²) in [7, 11) is -3.67. The van der Waals surface area contributed by atoms with E-state index >= 15 is 0 Å². The molecule has 3 nitrogen and oxygen atoms in total. The molecule has 0 aromatic heterocycles. The highest BCUT2D eigenvalue weighted by Crippen LogP contribution is 1.92. The zero-order valence-corrected chi connectivity index (χ0v) is 9.29. The summed E-state index contributed by atoms with van der Waals surface area (Å²) < 4.78 is 27.6. The van der Waals surface area contributed by atoms with E-state index in [2.05, 4.69) is 19.1 Å². The Bertz CT molecular complexity index is 330. The summed E-state index contributed by atoms with van der Waals surface area (Å²) in [4.78, 5) is 0. The second kappa shape index (κ2) is 6.56. The molecule has 0 fully saturated rings. The molecule has 0 unspecified atom stereocenters. The molecular weight excluding hydrogens is 200 g/mol. The van der Waals surface area contributed by atoms with Gasteiger partial charge in [-0.3, -0.25) is 4.55 Å². The van der Waals surface area contributed by atoms with Crippen LogP contribution in [0, 0.1) is 6.92 Å². The van der Waals surface area contributed by atoms with E-state index in [0.29, 0.717) is 6.42 Å². The Morgan fingerprint density at radius 3 is 1.86 bits per heavy atom. The molecule has 1 aromatic rings. The van der Waals surface area contributed by atoms with E-state index in [9.17, 15) is 8.42 Å². The summed E-state index contributed by atoms with van der Waals surface area (Å²) in [6.45, 7) is 3.77. The van der Waals surface area contributed by atoms with Crippen molar-refractivity contribution in [3.63, 3.8) is 0 Å². The van der Waals surface area contributed by atoms with E-state index in [4.69, 9.17) is 4.55 Å². The first-order chi connectivity index (χ1) is 6.45. The maximum atomic E-state index is 9.79. The van der Waals surface area contributed by atoms with Gasteiger partial charge in [-0.2, -0.15) is 8.42 Å². The summed E-state index contributed by atoms with van der Waals surface area (Å²) in [5.74, 6) is -0.132. The number of hydrogen-bond acceptors (Lipinski definition) is 2. The predicted molar refractivity (Wildman–Crippen MR) is 57.9 cm³/mol. The van der Waals surface area contributed by atoms with Gasteiger partial charge in [-0.25, -0.2) is 0 Å². The standard InChI is InChI=1S/C7H8.C3H8O3S/c1-7-5-3-2-4-6-7;1-2-3-7(4,5)6/h2-6H,1H3;2-3H2,1H3,(H,4,5,6). The van der Waals surface area contributed by atoms with Crippen LogP contribution in [0.2, 0.25) is 0 Å². The summed E-state index contributed by atoms with van der Waals surface area (Å²) in [5, 5.41) is 0. The van der Waals surface area contributed by atoms with Crippen LogP contribution in [0.15, 0.2) is 30.3 Å². The zero-order chi connectivity index (χ0) is 11.0. The van der Waals surface area contributed by atoms with Crippen molar-refractivity contribution in [2.24, 2.45) is 0 Å². The van der Waals surface area contributed by atoms with Gasteiger partial charge in [-0.15, -0.1) is 0 Å². The average Bonchev–Trinajstić information content (AvgIpc) is 2.04. The van der Waals surface area contributed by atoms with Crippen LogP contribution in [0.1, 0.15) is 18.9 Å². The Morgan fingerprint density at radius 1 is 1.21 bits per heavy atom. The molecular formula is C10H16O3S. The first kappa shape index (κ1) is 13.1. The third-order valence-corrected chi connectivity index (χ3v) is 2.33. The monoisotopic (exact) mass is 216 g/mol. The third kappa shape index (κ3) is 9.22. The molecule has 0 heterocycles. The molecule has 1 N–H and O–H groups in total. The highest BCUT2D eigenvalue weighted by Gasteiger charge is 1.98. The lowest BCUT2D eigenvalue weighted by Gasteiger charge is -1.85. The minimum atomic E-state index is -3.67. The molecule has 1 rings (SSSR count). The van der Waals surface area contributed by atoms with Crippen LogP contribution >= 0.6 is 0 Å². The van der Waals surface area contributed by atoms with Gasteiger partial charge in [-0.1, -0.05) is 42.8 Å². The Kier molecular flexibility index (Phi) is 6.16. The molecule has 14 heavy (non-hydrogen) atoms. The van der Waals surface area contributed by atoms with Crippen molar-refractivity contribution in [3.05, 3.63) is 35.9 Å². The maximum absolute atomic E-state index is 9.79. The maximum Gasteiger partial charge on any atom is 0.264 e. The van der Waals surface area contributed by atoms with Gasteiger partial charge in [0.25, 0.3) is 10.1 Å². The molecule has 0 aliphatic heterocycles. The van der Waals surface area contributed by atoms with E-state index in [-0.39, 0.29) is 5.75 Å². The average molecular weight is 216 g/mol. The number of benzene rings is 1. The quantitative estimate of drug-likeness (QED) is 0.772. The fraction of sp³-hybridized carbons (Fsp3) is 0.400. The van der Waals surface area contributed by atoms with Crippen molar-refractivity contribution >= 4 is 10.1 Å². The fourth-order valence-electron chi connectivity index (χ4n) is 0.792. The van der Waals surface area contributed by atoms with Gasteiger partial charge in [0, 0.05) is 0 Å². The molecule has 0 bridgehead atoms. The zero-order valence-electron chi connectivity index (χ0n) is 8.47. The largest absolute Gasteiger partial charge is 0.286 e. The number of hydrogen-bond donors (Lipinski definition) is 1. The number of aryl methyl sites for hydroxylation is 1. The van der Waals surface area contributed by atoms with Crippen LogP contribution in [0.5, 0.6) is 0 Å². The lowest BCUT2D eigenvalue weighted by molar-refractivity contribution is 0.482. The van der Waals surface area contributed by atoms with Crippen molar-refractivity contribution in [3.8, 4) is 0 Å². The molecule has 0 atom stereocenters. The van der Waals surface area contributed by atoms with Gasteiger partial charge >= 0.3 is 0 Å². The van der Waals surface area contributed by atoms with Gasteiger partial charge in [0.05, 0.1) is 5.75 Å². The van der Waals surface area contributed by atoms with Crippen LogP contribution in [0.25, 0.3) is 0 Å². The molecule has 1 aromatic carbocycles. The van der Waals surface area contributed by atoms with Crippen molar-refractivity contribution in [2.75, 3.05) is 5.75 Å². The van der Waals surface area contributed by atoms with Crippen LogP contribution in [-0.4, -0.2) is 18.7 Å². The molecule has 0 amide bonds. The van der Waals surface area contributed by atoms with Crippen molar-refractivity contribution < 1.29 is 13.0 Å². The predicted octanol–water partition coefficient (Wildman–Crippen LogP) is 2.28. The summed E-state index contributed by atoms with van der Waals surface area (Å²) in [6, 6.07) is 10.3. The second-order valence-corrected chi connectivity index (χ2v) is 4.51.